The second-order valence-electron chi connectivity index (χ2n) is 3.58. The molecule has 88 valence electrons. The molecule has 0 saturated heterocycles. The summed E-state index contributed by atoms with van der Waals surface area (Å²) in [6, 6.07) is 7.52. The van der Waals surface area contributed by atoms with Gasteiger partial charge in [0.15, 0.2) is 0 Å². The highest BCUT2D eigenvalue weighted by Crippen LogP contribution is 2.15. The SMILES string of the molecule is NC(CNCc1ccccc1Br)CC(=O)O. The summed E-state index contributed by atoms with van der Waals surface area (Å²) in [6.07, 6.45) is -0.0110. The van der Waals surface area contributed by atoms with E-state index in [-0.39, 0.29) is 12.5 Å². The molecular weight excluding hydrogens is 272 g/mol. The van der Waals surface area contributed by atoms with Crippen LogP contribution in [0.3, 0.4) is 0 Å². The van der Waals surface area contributed by atoms with Gasteiger partial charge in [-0.15, -0.1) is 0 Å². The number of nitrogens with one attached hydrogen (secondary N) is 1. The summed E-state index contributed by atoms with van der Waals surface area (Å²) in [5, 5.41) is 11.7. The summed E-state index contributed by atoms with van der Waals surface area (Å²) in [6.45, 7) is 1.17. The van der Waals surface area contributed by atoms with Crippen LogP contribution in [0.5, 0.6) is 0 Å². The van der Waals surface area contributed by atoms with E-state index in [1.165, 1.54) is 0 Å². The summed E-state index contributed by atoms with van der Waals surface area (Å²) in [4.78, 5) is 10.4. The molecule has 1 aromatic carbocycles. The van der Waals surface area contributed by atoms with Crippen LogP contribution in [0.2, 0.25) is 0 Å². The molecular formula is C11H15BrN2O2. The zero-order valence-corrected chi connectivity index (χ0v) is 10.4. The zero-order valence-electron chi connectivity index (χ0n) is 8.82. The number of aliphatic carboxylic acids is 1. The van der Waals surface area contributed by atoms with Gasteiger partial charge in [-0.3, -0.25) is 4.79 Å². The van der Waals surface area contributed by atoms with Gasteiger partial charge in [0, 0.05) is 23.6 Å². The second-order valence-corrected chi connectivity index (χ2v) is 4.43. The van der Waals surface area contributed by atoms with Crippen LogP contribution in [0.15, 0.2) is 28.7 Å². The normalized spacial score (nSPS) is 12.4. The van der Waals surface area contributed by atoms with Crippen molar-refractivity contribution in [1.29, 1.82) is 0 Å². The first-order chi connectivity index (χ1) is 7.59. The Morgan fingerprint density at radius 2 is 2.19 bits per heavy atom. The molecule has 0 aliphatic rings. The average Bonchev–Trinajstić information content (AvgIpc) is 2.19. The third-order valence-electron chi connectivity index (χ3n) is 2.12. The van der Waals surface area contributed by atoms with Crippen LogP contribution >= 0.6 is 15.9 Å². The van der Waals surface area contributed by atoms with Crippen molar-refractivity contribution in [2.45, 2.75) is 19.0 Å². The van der Waals surface area contributed by atoms with Gasteiger partial charge in [0.05, 0.1) is 6.42 Å². The van der Waals surface area contributed by atoms with Gasteiger partial charge < -0.3 is 16.2 Å². The Kier molecular flexibility index (Phi) is 5.45. The van der Waals surface area contributed by atoms with Crippen molar-refractivity contribution in [2.24, 2.45) is 5.73 Å². The number of rotatable bonds is 6. The first kappa shape index (κ1) is 13.2. The van der Waals surface area contributed by atoms with E-state index in [0.29, 0.717) is 13.1 Å². The first-order valence-corrected chi connectivity index (χ1v) is 5.80. The molecule has 0 spiro atoms. The van der Waals surface area contributed by atoms with Gasteiger partial charge in [0.25, 0.3) is 0 Å². The Labute approximate surface area is 103 Å². The highest BCUT2D eigenvalue weighted by atomic mass is 79.9. The van der Waals surface area contributed by atoms with Crippen molar-refractivity contribution < 1.29 is 9.90 Å². The molecule has 5 heteroatoms. The lowest BCUT2D eigenvalue weighted by molar-refractivity contribution is -0.137. The molecule has 1 rings (SSSR count). The molecule has 16 heavy (non-hydrogen) atoms. The Hall–Kier alpha value is -0.910. The van der Waals surface area contributed by atoms with Crippen LogP contribution in [0.1, 0.15) is 12.0 Å². The molecule has 0 heterocycles. The number of benzene rings is 1. The van der Waals surface area contributed by atoms with Crippen LogP contribution in [0.4, 0.5) is 0 Å². The first-order valence-electron chi connectivity index (χ1n) is 5.01. The molecule has 0 bridgehead atoms. The lowest BCUT2D eigenvalue weighted by Crippen LogP contribution is -2.35. The number of carboxylic acids is 1. The lowest BCUT2D eigenvalue weighted by Gasteiger charge is -2.11. The average molecular weight is 287 g/mol. The van der Waals surface area contributed by atoms with Crippen LogP contribution in [0, 0.1) is 0 Å². The summed E-state index contributed by atoms with van der Waals surface area (Å²) >= 11 is 3.44. The highest BCUT2D eigenvalue weighted by Gasteiger charge is 2.07. The monoisotopic (exact) mass is 286 g/mol. The van der Waals surface area contributed by atoms with E-state index in [2.05, 4.69) is 21.2 Å². The van der Waals surface area contributed by atoms with Crippen molar-refractivity contribution in [3.8, 4) is 0 Å². The standard InChI is InChI=1S/C11H15BrN2O2/c12-10-4-2-1-3-8(10)6-14-7-9(13)5-11(15)16/h1-4,9,14H,5-7,13H2,(H,15,16). The Balaban J connectivity index is 2.30. The lowest BCUT2D eigenvalue weighted by atomic mass is 10.2. The Bertz CT molecular complexity index is 358. The zero-order chi connectivity index (χ0) is 12.0. The van der Waals surface area contributed by atoms with Gasteiger partial charge in [0.2, 0.25) is 0 Å². The van der Waals surface area contributed by atoms with Crippen LogP contribution in [-0.4, -0.2) is 23.7 Å². The number of nitrogens with two attached hydrogens (primary N) is 1. The van der Waals surface area contributed by atoms with E-state index < -0.39 is 5.97 Å². The molecule has 0 aliphatic heterocycles. The third-order valence-corrected chi connectivity index (χ3v) is 2.89. The summed E-state index contributed by atoms with van der Waals surface area (Å²) < 4.78 is 1.04. The van der Waals surface area contributed by atoms with Crippen LogP contribution in [0.25, 0.3) is 0 Å². The third kappa shape index (κ3) is 4.74. The molecule has 1 unspecified atom stereocenters. The molecule has 0 saturated carbocycles. The molecule has 1 atom stereocenters. The van der Waals surface area contributed by atoms with Crippen molar-refractivity contribution in [3.63, 3.8) is 0 Å². The number of hydrogen-bond acceptors (Lipinski definition) is 3. The number of carbonyl (C=O) groups is 1. The fourth-order valence-electron chi connectivity index (χ4n) is 1.33. The Morgan fingerprint density at radius 1 is 1.50 bits per heavy atom. The van der Waals surface area contributed by atoms with Gasteiger partial charge >= 0.3 is 5.97 Å². The second kappa shape index (κ2) is 6.62. The minimum atomic E-state index is -0.866. The van der Waals surface area contributed by atoms with E-state index in [0.717, 1.165) is 10.0 Å². The maximum atomic E-state index is 10.4. The van der Waals surface area contributed by atoms with Gasteiger partial charge in [-0.25, -0.2) is 0 Å². The molecule has 1 aromatic rings. The summed E-state index contributed by atoms with van der Waals surface area (Å²) in [7, 11) is 0. The van der Waals surface area contributed by atoms with Gasteiger partial charge in [-0.1, -0.05) is 34.1 Å². The molecule has 0 amide bonds. The van der Waals surface area contributed by atoms with E-state index in [4.69, 9.17) is 10.8 Å². The van der Waals surface area contributed by atoms with Gasteiger partial charge in [-0.2, -0.15) is 0 Å². The fraction of sp³-hybridized carbons (Fsp3) is 0.364. The summed E-state index contributed by atoms with van der Waals surface area (Å²) in [5.74, 6) is -0.866. The minimum Gasteiger partial charge on any atom is -0.481 e. The number of carboxylic acid groups (broad SMARTS) is 1. The van der Waals surface area contributed by atoms with E-state index >= 15 is 0 Å². The van der Waals surface area contributed by atoms with Crippen molar-refractivity contribution in [1.82, 2.24) is 5.32 Å². The van der Waals surface area contributed by atoms with Crippen LogP contribution < -0.4 is 11.1 Å². The minimum absolute atomic E-state index is 0.0110. The van der Waals surface area contributed by atoms with Crippen LogP contribution in [-0.2, 0) is 11.3 Å². The predicted octanol–water partition coefficient (Wildman–Crippen LogP) is 1.34. The highest BCUT2D eigenvalue weighted by molar-refractivity contribution is 9.10. The van der Waals surface area contributed by atoms with Crippen molar-refractivity contribution in [3.05, 3.63) is 34.3 Å². The van der Waals surface area contributed by atoms with E-state index in [9.17, 15) is 4.79 Å². The fourth-order valence-corrected chi connectivity index (χ4v) is 1.76. The largest absolute Gasteiger partial charge is 0.481 e. The van der Waals surface area contributed by atoms with Crippen molar-refractivity contribution in [2.75, 3.05) is 6.54 Å². The molecule has 4 N–H and O–H groups in total. The maximum Gasteiger partial charge on any atom is 0.304 e. The van der Waals surface area contributed by atoms with Gasteiger partial charge in [-0.05, 0) is 11.6 Å². The van der Waals surface area contributed by atoms with E-state index in [1.807, 2.05) is 24.3 Å². The molecule has 0 aromatic heterocycles. The number of halogens is 1. The quantitative estimate of drug-likeness (QED) is 0.738. The predicted molar refractivity (Wildman–Crippen MR) is 66.1 cm³/mol. The number of hydrogen-bond donors (Lipinski definition) is 3. The molecule has 0 fully saturated rings. The molecule has 0 aliphatic carbocycles. The topological polar surface area (TPSA) is 75.3 Å². The smallest absolute Gasteiger partial charge is 0.304 e. The maximum absolute atomic E-state index is 10.4. The summed E-state index contributed by atoms with van der Waals surface area (Å²) in [5.41, 5.74) is 6.75. The van der Waals surface area contributed by atoms with Gasteiger partial charge in [0.1, 0.15) is 0 Å². The molecule has 4 nitrogen and oxygen atoms in total. The van der Waals surface area contributed by atoms with E-state index in [1.54, 1.807) is 0 Å². The van der Waals surface area contributed by atoms with Crippen molar-refractivity contribution >= 4 is 21.9 Å². The molecule has 0 radical (unpaired) electrons. The Morgan fingerprint density at radius 3 is 2.81 bits per heavy atom.